The van der Waals surface area contributed by atoms with Crippen LogP contribution in [0.2, 0.25) is 0 Å². The molecule has 1 unspecified atom stereocenters. The molecule has 1 aliphatic heterocycles. The van der Waals surface area contributed by atoms with Crippen molar-refractivity contribution in [2.75, 3.05) is 25.4 Å². The summed E-state index contributed by atoms with van der Waals surface area (Å²) in [5.41, 5.74) is 0.471. The van der Waals surface area contributed by atoms with E-state index in [-0.39, 0.29) is 0 Å². The molecule has 1 rings (SSSR count). The van der Waals surface area contributed by atoms with Crippen LogP contribution in [-0.4, -0.2) is 30.3 Å². The molecule has 108 valence electrons. The zero-order valence-electron chi connectivity index (χ0n) is 12.9. The molecule has 1 fully saturated rings. The lowest BCUT2D eigenvalue weighted by atomic mass is 9.80. The van der Waals surface area contributed by atoms with Gasteiger partial charge in [0.25, 0.3) is 0 Å². The minimum Gasteiger partial charge on any atom is -0.302 e. The highest BCUT2D eigenvalue weighted by molar-refractivity contribution is 7.80. The molecule has 1 nitrogen and oxygen atoms in total. The number of thiol groups is 1. The Labute approximate surface area is 120 Å². The Morgan fingerprint density at radius 2 is 1.83 bits per heavy atom. The molecule has 1 aliphatic rings. The van der Waals surface area contributed by atoms with E-state index in [1.807, 2.05) is 0 Å². The van der Waals surface area contributed by atoms with Gasteiger partial charge < -0.3 is 4.90 Å². The second kappa shape index (κ2) is 7.79. The van der Waals surface area contributed by atoms with Gasteiger partial charge in [0.15, 0.2) is 0 Å². The minimum absolute atomic E-state index is 0.471. The van der Waals surface area contributed by atoms with Crippen LogP contribution >= 0.6 is 12.6 Å². The predicted octanol–water partition coefficient (Wildman–Crippen LogP) is 4.48. The zero-order valence-corrected chi connectivity index (χ0v) is 13.8. The summed E-state index contributed by atoms with van der Waals surface area (Å²) in [6.07, 6.45) is 6.67. The van der Waals surface area contributed by atoms with Crippen molar-refractivity contribution in [3.8, 4) is 0 Å². The molecule has 0 saturated carbocycles. The number of nitrogens with zero attached hydrogens (tertiary/aromatic N) is 1. The molecule has 0 aliphatic carbocycles. The highest BCUT2D eigenvalue weighted by atomic mass is 32.1. The smallest absolute Gasteiger partial charge is 0.00459 e. The van der Waals surface area contributed by atoms with Crippen molar-refractivity contribution in [1.29, 1.82) is 0 Å². The van der Waals surface area contributed by atoms with Crippen molar-refractivity contribution in [2.45, 2.75) is 59.8 Å². The van der Waals surface area contributed by atoms with Gasteiger partial charge in [0.1, 0.15) is 0 Å². The maximum absolute atomic E-state index is 4.68. The van der Waals surface area contributed by atoms with Crippen LogP contribution in [0.15, 0.2) is 0 Å². The Balaban J connectivity index is 2.55. The fraction of sp³-hybridized carbons (Fsp3) is 1.00. The van der Waals surface area contributed by atoms with Gasteiger partial charge in [-0.15, -0.1) is 0 Å². The molecule has 0 aromatic carbocycles. The lowest BCUT2D eigenvalue weighted by Gasteiger charge is -2.36. The standard InChI is InChI=1S/C16H33NS/c1-5-8-16(13-18,9-6-2)12-17-10-7-15(11-17)14(3)4/h14-15,18H,5-13H2,1-4H3. The number of likely N-dealkylation sites (tertiary alicyclic amines) is 1. The molecule has 0 N–H and O–H groups in total. The van der Waals surface area contributed by atoms with Crippen molar-refractivity contribution < 1.29 is 0 Å². The third-order valence-electron chi connectivity index (χ3n) is 4.71. The van der Waals surface area contributed by atoms with Crippen LogP contribution < -0.4 is 0 Å². The SMILES string of the molecule is CCCC(CS)(CCC)CN1CCC(C(C)C)C1. The minimum atomic E-state index is 0.471. The maximum Gasteiger partial charge on any atom is 0.00459 e. The van der Waals surface area contributed by atoms with Crippen molar-refractivity contribution in [3.63, 3.8) is 0 Å². The van der Waals surface area contributed by atoms with E-state index in [0.29, 0.717) is 5.41 Å². The quantitative estimate of drug-likeness (QED) is 0.637. The Hall–Kier alpha value is 0.310. The second-order valence-electron chi connectivity index (χ2n) is 6.69. The summed E-state index contributed by atoms with van der Waals surface area (Å²) < 4.78 is 0. The van der Waals surface area contributed by atoms with E-state index in [1.54, 1.807) is 0 Å². The van der Waals surface area contributed by atoms with Gasteiger partial charge in [0, 0.05) is 13.1 Å². The van der Waals surface area contributed by atoms with Gasteiger partial charge >= 0.3 is 0 Å². The summed E-state index contributed by atoms with van der Waals surface area (Å²) in [6.45, 7) is 13.3. The molecule has 0 radical (unpaired) electrons. The van der Waals surface area contributed by atoms with E-state index in [1.165, 1.54) is 51.7 Å². The summed E-state index contributed by atoms with van der Waals surface area (Å²) in [5, 5.41) is 0. The van der Waals surface area contributed by atoms with E-state index in [2.05, 4.69) is 45.2 Å². The molecule has 1 heterocycles. The first kappa shape index (κ1) is 16.4. The molecular formula is C16H33NS. The first-order valence-electron chi connectivity index (χ1n) is 7.90. The Kier molecular flexibility index (Phi) is 7.08. The largest absolute Gasteiger partial charge is 0.302 e. The van der Waals surface area contributed by atoms with Crippen LogP contribution in [0.25, 0.3) is 0 Å². The highest BCUT2D eigenvalue weighted by Crippen LogP contribution is 2.35. The molecule has 2 heteroatoms. The van der Waals surface area contributed by atoms with E-state index in [9.17, 15) is 0 Å². The van der Waals surface area contributed by atoms with Crippen LogP contribution in [0, 0.1) is 17.3 Å². The normalized spacial score (nSPS) is 22.0. The predicted molar refractivity (Wildman–Crippen MR) is 85.5 cm³/mol. The Morgan fingerprint density at radius 1 is 1.22 bits per heavy atom. The number of rotatable bonds is 8. The fourth-order valence-electron chi connectivity index (χ4n) is 3.58. The lowest BCUT2D eigenvalue weighted by Crippen LogP contribution is -2.38. The summed E-state index contributed by atoms with van der Waals surface area (Å²) in [6, 6.07) is 0. The van der Waals surface area contributed by atoms with Gasteiger partial charge in [-0.2, -0.15) is 12.6 Å². The first-order chi connectivity index (χ1) is 8.56. The van der Waals surface area contributed by atoms with E-state index < -0.39 is 0 Å². The van der Waals surface area contributed by atoms with Crippen LogP contribution in [0.1, 0.15) is 59.8 Å². The summed E-state index contributed by atoms with van der Waals surface area (Å²) in [7, 11) is 0. The van der Waals surface area contributed by atoms with Gasteiger partial charge in [0.05, 0.1) is 0 Å². The average Bonchev–Trinajstić information content (AvgIpc) is 2.78. The van der Waals surface area contributed by atoms with Crippen molar-refractivity contribution in [2.24, 2.45) is 17.3 Å². The van der Waals surface area contributed by atoms with Crippen molar-refractivity contribution >= 4 is 12.6 Å². The van der Waals surface area contributed by atoms with E-state index in [0.717, 1.165) is 17.6 Å². The van der Waals surface area contributed by atoms with Gasteiger partial charge in [-0.3, -0.25) is 0 Å². The van der Waals surface area contributed by atoms with Crippen molar-refractivity contribution in [3.05, 3.63) is 0 Å². The zero-order chi connectivity index (χ0) is 13.6. The molecule has 18 heavy (non-hydrogen) atoms. The number of hydrogen-bond acceptors (Lipinski definition) is 2. The molecule has 0 aromatic rings. The van der Waals surface area contributed by atoms with Crippen LogP contribution in [-0.2, 0) is 0 Å². The van der Waals surface area contributed by atoms with Crippen LogP contribution in [0.4, 0.5) is 0 Å². The molecule has 0 amide bonds. The van der Waals surface area contributed by atoms with E-state index >= 15 is 0 Å². The summed E-state index contributed by atoms with van der Waals surface area (Å²) >= 11 is 4.68. The highest BCUT2D eigenvalue weighted by Gasteiger charge is 2.33. The molecular weight excluding hydrogens is 238 g/mol. The molecule has 0 bridgehead atoms. The molecule has 1 atom stereocenters. The van der Waals surface area contributed by atoms with Crippen LogP contribution in [0.3, 0.4) is 0 Å². The van der Waals surface area contributed by atoms with Gasteiger partial charge in [-0.25, -0.2) is 0 Å². The van der Waals surface area contributed by atoms with E-state index in [4.69, 9.17) is 0 Å². The molecule has 1 saturated heterocycles. The van der Waals surface area contributed by atoms with Crippen LogP contribution in [0.5, 0.6) is 0 Å². The summed E-state index contributed by atoms with van der Waals surface area (Å²) in [5.74, 6) is 2.82. The van der Waals surface area contributed by atoms with Crippen molar-refractivity contribution in [1.82, 2.24) is 4.90 Å². The average molecular weight is 272 g/mol. The topological polar surface area (TPSA) is 3.24 Å². The summed E-state index contributed by atoms with van der Waals surface area (Å²) in [4.78, 5) is 2.71. The maximum atomic E-state index is 4.68. The lowest BCUT2D eigenvalue weighted by molar-refractivity contribution is 0.162. The van der Waals surface area contributed by atoms with Gasteiger partial charge in [-0.05, 0) is 48.8 Å². The number of hydrogen-bond donors (Lipinski definition) is 1. The molecule has 0 aromatic heterocycles. The second-order valence-corrected chi connectivity index (χ2v) is 7.00. The fourth-order valence-corrected chi connectivity index (χ4v) is 3.99. The molecule has 0 spiro atoms. The Bertz CT molecular complexity index is 221. The first-order valence-corrected chi connectivity index (χ1v) is 8.53. The van der Waals surface area contributed by atoms with Gasteiger partial charge in [-0.1, -0.05) is 40.5 Å². The monoisotopic (exact) mass is 271 g/mol. The Morgan fingerprint density at radius 3 is 2.22 bits per heavy atom. The third kappa shape index (κ3) is 4.45. The van der Waals surface area contributed by atoms with Gasteiger partial charge in [0.2, 0.25) is 0 Å². The third-order valence-corrected chi connectivity index (χ3v) is 5.38.